The van der Waals surface area contributed by atoms with Crippen LogP contribution in [-0.4, -0.2) is 28.0 Å². The molecule has 0 aliphatic heterocycles. The van der Waals surface area contributed by atoms with Gasteiger partial charge in [-0.05, 0) is 38.1 Å². The first-order chi connectivity index (χ1) is 10.0. The quantitative estimate of drug-likeness (QED) is 0.385. The lowest BCUT2D eigenvalue weighted by Gasteiger charge is -2.18. The average Bonchev–Trinajstić information content (AvgIpc) is 2.85. The molecular formula is C15H20N4OS. The summed E-state index contributed by atoms with van der Waals surface area (Å²) in [7, 11) is 2.09. The van der Waals surface area contributed by atoms with E-state index in [0.717, 1.165) is 29.9 Å². The van der Waals surface area contributed by atoms with Crippen molar-refractivity contribution in [2.45, 2.75) is 26.9 Å². The molecule has 3 N–H and O–H groups in total. The summed E-state index contributed by atoms with van der Waals surface area (Å²) >= 11 is 1.69. The minimum Gasteiger partial charge on any atom is -0.409 e. The Labute approximate surface area is 128 Å². The summed E-state index contributed by atoms with van der Waals surface area (Å²) in [4.78, 5) is 7.83. The van der Waals surface area contributed by atoms with Crippen molar-refractivity contribution in [3.05, 3.63) is 51.0 Å². The maximum atomic E-state index is 8.71. The Kier molecular flexibility index (Phi) is 4.93. The lowest BCUT2D eigenvalue weighted by atomic mass is 10.0. The zero-order valence-electron chi connectivity index (χ0n) is 12.5. The van der Waals surface area contributed by atoms with Gasteiger partial charge in [0.15, 0.2) is 5.84 Å². The smallest absolute Gasteiger partial charge is 0.170 e. The molecule has 0 saturated heterocycles. The van der Waals surface area contributed by atoms with E-state index < -0.39 is 0 Å². The van der Waals surface area contributed by atoms with Crippen molar-refractivity contribution in [3.63, 3.8) is 0 Å². The highest BCUT2D eigenvalue weighted by Gasteiger charge is 2.09. The van der Waals surface area contributed by atoms with Crippen LogP contribution in [0.15, 0.2) is 28.9 Å². The van der Waals surface area contributed by atoms with E-state index in [9.17, 15) is 0 Å². The zero-order valence-corrected chi connectivity index (χ0v) is 13.3. The van der Waals surface area contributed by atoms with Gasteiger partial charge >= 0.3 is 0 Å². The predicted octanol–water partition coefficient (Wildman–Crippen LogP) is 2.49. The van der Waals surface area contributed by atoms with Crippen LogP contribution in [0, 0.1) is 13.8 Å². The number of thiazole rings is 1. The van der Waals surface area contributed by atoms with Gasteiger partial charge in [-0.2, -0.15) is 0 Å². The molecule has 0 aliphatic carbocycles. The number of hydrogen-bond donors (Lipinski definition) is 2. The van der Waals surface area contributed by atoms with Crippen LogP contribution < -0.4 is 5.73 Å². The molecule has 0 fully saturated rings. The Morgan fingerprint density at radius 3 is 2.71 bits per heavy atom. The molecule has 0 atom stereocenters. The van der Waals surface area contributed by atoms with Crippen molar-refractivity contribution in [2.24, 2.45) is 10.9 Å². The SMILES string of the molecule is Cc1cc(/C(N)=N/O)ccc1CN(C)Cc1scnc1C. The standard InChI is InChI=1S/C15H20N4OS/c1-10-6-12(15(16)18-20)4-5-13(10)7-19(3)8-14-11(2)17-9-21-14/h4-6,9,20H,7-8H2,1-3H3,(H2,16,18). The molecule has 0 amide bonds. The van der Waals surface area contributed by atoms with Crippen molar-refractivity contribution < 1.29 is 5.21 Å². The number of aryl methyl sites for hydroxylation is 2. The minimum atomic E-state index is 0.137. The summed E-state index contributed by atoms with van der Waals surface area (Å²) in [6.07, 6.45) is 0. The summed E-state index contributed by atoms with van der Waals surface area (Å²) in [5.74, 6) is 0.137. The van der Waals surface area contributed by atoms with Crippen molar-refractivity contribution in [2.75, 3.05) is 7.05 Å². The normalized spacial score (nSPS) is 12.1. The van der Waals surface area contributed by atoms with Gasteiger partial charge in [0.05, 0.1) is 11.2 Å². The van der Waals surface area contributed by atoms with E-state index in [-0.39, 0.29) is 5.84 Å². The molecule has 2 rings (SSSR count). The van der Waals surface area contributed by atoms with E-state index >= 15 is 0 Å². The molecule has 112 valence electrons. The third kappa shape index (κ3) is 3.80. The Morgan fingerprint density at radius 2 is 2.14 bits per heavy atom. The molecule has 1 aromatic heterocycles. The number of hydrogen-bond acceptors (Lipinski definition) is 5. The fourth-order valence-corrected chi connectivity index (χ4v) is 3.02. The van der Waals surface area contributed by atoms with E-state index in [2.05, 4.69) is 22.1 Å². The van der Waals surface area contributed by atoms with Crippen molar-refractivity contribution >= 4 is 17.2 Å². The molecule has 1 heterocycles. The van der Waals surface area contributed by atoms with Crippen LogP contribution in [0.2, 0.25) is 0 Å². The van der Waals surface area contributed by atoms with Crippen LogP contribution in [0.25, 0.3) is 0 Å². The van der Waals surface area contributed by atoms with E-state index in [1.54, 1.807) is 11.3 Å². The first-order valence-electron chi connectivity index (χ1n) is 6.66. The third-order valence-corrected chi connectivity index (χ3v) is 4.36. The van der Waals surface area contributed by atoms with Crippen LogP contribution in [-0.2, 0) is 13.1 Å². The van der Waals surface area contributed by atoms with Crippen molar-refractivity contribution in [1.82, 2.24) is 9.88 Å². The lowest BCUT2D eigenvalue weighted by Crippen LogP contribution is -2.18. The highest BCUT2D eigenvalue weighted by Crippen LogP contribution is 2.17. The summed E-state index contributed by atoms with van der Waals surface area (Å²) < 4.78 is 0. The molecule has 0 unspecified atom stereocenters. The average molecular weight is 304 g/mol. The number of amidine groups is 1. The van der Waals surface area contributed by atoms with E-state index in [1.165, 1.54) is 10.4 Å². The Hall–Kier alpha value is -1.92. The molecule has 6 heteroatoms. The number of rotatable bonds is 5. The van der Waals surface area contributed by atoms with E-state index in [4.69, 9.17) is 10.9 Å². The van der Waals surface area contributed by atoms with Crippen molar-refractivity contribution in [1.29, 1.82) is 0 Å². The molecule has 0 bridgehead atoms. The predicted molar refractivity (Wildman–Crippen MR) is 85.7 cm³/mol. The first-order valence-corrected chi connectivity index (χ1v) is 7.54. The van der Waals surface area contributed by atoms with Crippen LogP contribution >= 0.6 is 11.3 Å². The highest BCUT2D eigenvalue weighted by molar-refractivity contribution is 7.09. The number of nitrogens with two attached hydrogens (primary N) is 1. The van der Waals surface area contributed by atoms with Crippen LogP contribution in [0.1, 0.15) is 27.3 Å². The van der Waals surface area contributed by atoms with Gasteiger partial charge in [0.1, 0.15) is 0 Å². The third-order valence-electron chi connectivity index (χ3n) is 3.44. The Bertz CT molecular complexity index is 651. The van der Waals surface area contributed by atoms with Gasteiger partial charge in [-0.1, -0.05) is 17.3 Å². The number of oxime groups is 1. The second-order valence-corrected chi connectivity index (χ2v) is 6.10. The summed E-state index contributed by atoms with van der Waals surface area (Å²) in [6.45, 7) is 5.81. The molecule has 0 spiro atoms. The maximum Gasteiger partial charge on any atom is 0.170 e. The van der Waals surface area contributed by atoms with Crippen LogP contribution in [0.5, 0.6) is 0 Å². The van der Waals surface area contributed by atoms with Gasteiger partial charge in [-0.15, -0.1) is 11.3 Å². The molecular weight excluding hydrogens is 284 g/mol. The summed E-state index contributed by atoms with van der Waals surface area (Å²) in [6, 6.07) is 5.85. The fraction of sp³-hybridized carbons (Fsp3) is 0.333. The number of nitrogens with zero attached hydrogens (tertiary/aromatic N) is 3. The molecule has 2 aromatic rings. The number of benzene rings is 1. The molecule has 5 nitrogen and oxygen atoms in total. The lowest BCUT2D eigenvalue weighted by molar-refractivity contribution is 0.318. The van der Waals surface area contributed by atoms with Gasteiger partial charge in [-0.3, -0.25) is 4.90 Å². The maximum absolute atomic E-state index is 8.71. The topological polar surface area (TPSA) is 74.7 Å². The fourth-order valence-electron chi connectivity index (χ4n) is 2.16. The molecule has 0 saturated carbocycles. The second kappa shape index (κ2) is 6.69. The molecule has 0 aliphatic rings. The van der Waals surface area contributed by atoms with Gasteiger partial charge in [-0.25, -0.2) is 4.98 Å². The minimum absolute atomic E-state index is 0.137. The number of aromatic nitrogens is 1. The van der Waals surface area contributed by atoms with Gasteiger partial charge in [0.25, 0.3) is 0 Å². The monoisotopic (exact) mass is 304 g/mol. The second-order valence-electron chi connectivity index (χ2n) is 5.16. The van der Waals surface area contributed by atoms with Gasteiger partial charge in [0, 0.05) is 23.5 Å². The van der Waals surface area contributed by atoms with E-state index in [1.807, 2.05) is 37.6 Å². The largest absolute Gasteiger partial charge is 0.409 e. The van der Waals surface area contributed by atoms with Gasteiger partial charge in [0.2, 0.25) is 0 Å². The zero-order chi connectivity index (χ0) is 15.4. The highest BCUT2D eigenvalue weighted by atomic mass is 32.1. The molecule has 21 heavy (non-hydrogen) atoms. The Morgan fingerprint density at radius 1 is 1.38 bits per heavy atom. The van der Waals surface area contributed by atoms with E-state index in [0.29, 0.717) is 0 Å². The summed E-state index contributed by atoms with van der Waals surface area (Å²) in [5.41, 5.74) is 11.7. The summed E-state index contributed by atoms with van der Waals surface area (Å²) in [5, 5.41) is 11.7. The first kappa shape index (κ1) is 15.5. The van der Waals surface area contributed by atoms with Gasteiger partial charge < -0.3 is 10.9 Å². The molecule has 1 aromatic carbocycles. The Balaban J connectivity index is 2.07. The molecule has 0 radical (unpaired) electrons. The van der Waals surface area contributed by atoms with Crippen LogP contribution in [0.3, 0.4) is 0 Å². The van der Waals surface area contributed by atoms with Crippen LogP contribution in [0.4, 0.5) is 0 Å². The van der Waals surface area contributed by atoms with Crippen molar-refractivity contribution in [3.8, 4) is 0 Å².